The lowest BCUT2D eigenvalue weighted by Crippen LogP contribution is -1.91. The zero-order valence-corrected chi connectivity index (χ0v) is 8.49. The summed E-state index contributed by atoms with van der Waals surface area (Å²) in [7, 11) is 0. The third kappa shape index (κ3) is 1.86. The molecule has 15 heavy (non-hydrogen) atoms. The predicted octanol–water partition coefficient (Wildman–Crippen LogP) is 3.08. The number of aromatic carboxylic acids is 1. The largest absolute Gasteiger partial charge is 0.475 e. The molecule has 0 amide bonds. The van der Waals surface area contributed by atoms with Crippen LogP contribution in [0.25, 0.3) is 11.0 Å². The number of carboxylic acids is 1. The van der Waals surface area contributed by atoms with Gasteiger partial charge in [0, 0.05) is 5.39 Å². The summed E-state index contributed by atoms with van der Waals surface area (Å²) in [6.07, 6.45) is 2.05. The zero-order chi connectivity index (χ0) is 10.8. The smallest absolute Gasteiger partial charge is 0.371 e. The van der Waals surface area contributed by atoms with Crippen molar-refractivity contribution in [1.29, 1.82) is 0 Å². The third-order valence-electron chi connectivity index (χ3n) is 2.33. The van der Waals surface area contributed by atoms with E-state index in [4.69, 9.17) is 9.52 Å². The highest BCUT2D eigenvalue weighted by Crippen LogP contribution is 2.21. The fourth-order valence-corrected chi connectivity index (χ4v) is 1.63. The first-order valence-corrected chi connectivity index (χ1v) is 4.96. The van der Waals surface area contributed by atoms with Gasteiger partial charge in [-0.1, -0.05) is 25.5 Å². The van der Waals surface area contributed by atoms with Gasteiger partial charge in [-0.3, -0.25) is 0 Å². The molecule has 3 heteroatoms. The van der Waals surface area contributed by atoms with Crippen molar-refractivity contribution in [3.8, 4) is 0 Å². The van der Waals surface area contributed by atoms with Crippen LogP contribution < -0.4 is 0 Å². The maximum atomic E-state index is 10.7. The van der Waals surface area contributed by atoms with Crippen LogP contribution in [0.2, 0.25) is 0 Å². The van der Waals surface area contributed by atoms with Crippen molar-refractivity contribution in [2.24, 2.45) is 0 Å². The summed E-state index contributed by atoms with van der Waals surface area (Å²) in [5.74, 6) is -1.03. The number of aryl methyl sites for hydroxylation is 1. The normalized spacial score (nSPS) is 10.7. The average molecular weight is 204 g/mol. The van der Waals surface area contributed by atoms with E-state index < -0.39 is 5.97 Å². The first-order valence-electron chi connectivity index (χ1n) is 4.96. The standard InChI is InChI=1S/C12H12O3/c1-2-3-8-4-5-9-7-11(12(13)14)15-10(9)6-8/h4-7H,2-3H2,1H3,(H,13,14). The van der Waals surface area contributed by atoms with Crippen LogP contribution in [0.1, 0.15) is 29.5 Å². The van der Waals surface area contributed by atoms with Gasteiger partial charge in [-0.25, -0.2) is 4.79 Å². The molecule has 2 aromatic rings. The van der Waals surface area contributed by atoms with Crippen molar-refractivity contribution in [3.05, 3.63) is 35.6 Å². The van der Waals surface area contributed by atoms with E-state index in [1.165, 1.54) is 5.56 Å². The first-order chi connectivity index (χ1) is 7.20. The minimum atomic E-state index is -1.02. The van der Waals surface area contributed by atoms with Gasteiger partial charge < -0.3 is 9.52 Å². The van der Waals surface area contributed by atoms with Gasteiger partial charge >= 0.3 is 5.97 Å². The molecule has 0 bridgehead atoms. The number of carbonyl (C=O) groups is 1. The van der Waals surface area contributed by atoms with Gasteiger partial charge in [0.25, 0.3) is 0 Å². The molecule has 2 rings (SSSR count). The molecule has 3 nitrogen and oxygen atoms in total. The maximum Gasteiger partial charge on any atom is 0.371 e. The molecule has 0 saturated carbocycles. The average Bonchev–Trinajstić information content (AvgIpc) is 2.61. The van der Waals surface area contributed by atoms with Crippen LogP contribution in [0.5, 0.6) is 0 Å². The van der Waals surface area contributed by atoms with Crippen molar-refractivity contribution in [1.82, 2.24) is 0 Å². The molecule has 0 aliphatic heterocycles. The number of fused-ring (bicyclic) bond motifs is 1. The number of carboxylic acid groups (broad SMARTS) is 1. The van der Waals surface area contributed by atoms with Gasteiger partial charge in [0.1, 0.15) is 5.58 Å². The Kier molecular flexibility index (Phi) is 2.46. The van der Waals surface area contributed by atoms with Gasteiger partial charge in [0.15, 0.2) is 0 Å². The highest BCUT2D eigenvalue weighted by molar-refractivity contribution is 5.91. The minimum Gasteiger partial charge on any atom is -0.475 e. The van der Waals surface area contributed by atoms with Crippen LogP contribution in [0.15, 0.2) is 28.7 Å². The third-order valence-corrected chi connectivity index (χ3v) is 2.33. The van der Waals surface area contributed by atoms with Crippen molar-refractivity contribution < 1.29 is 14.3 Å². The number of hydrogen-bond donors (Lipinski definition) is 1. The number of hydrogen-bond acceptors (Lipinski definition) is 2. The molecule has 0 aliphatic rings. The molecule has 0 radical (unpaired) electrons. The Morgan fingerprint density at radius 3 is 2.87 bits per heavy atom. The van der Waals surface area contributed by atoms with Crippen molar-refractivity contribution in [3.63, 3.8) is 0 Å². The molecule has 1 aromatic heterocycles. The molecule has 0 saturated heterocycles. The second-order valence-electron chi connectivity index (χ2n) is 3.54. The van der Waals surface area contributed by atoms with Gasteiger partial charge in [-0.2, -0.15) is 0 Å². The summed E-state index contributed by atoms with van der Waals surface area (Å²) < 4.78 is 5.22. The summed E-state index contributed by atoms with van der Waals surface area (Å²) in [6.45, 7) is 2.11. The molecule has 0 aliphatic carbocycles. The molecule has 0 spiro atoms. The summed E-state index contributed by atoms with van der Waals surface area (Å²) in [4.78, 5) is 10.7. The molecule has 0 fully saturated rings. The fraction of sp³-hybridized carbons (Fsp3) is 0.250. The van der Waals surface area contributed by atoms with Gasteiger partial charge in [0.05, 0.1) is 0 Å². The van der Waals surface area contributed by atoms with E-state index in [0.717, 1.165) is 18.2 Å². The number of rotatable bonds is 3. The first kappa shape index (κ1) is 9.77. The Bertz CT molecular complexity index is 497. The molecular formula is C12H12O3. The zero-order valence-electron chi connectivity index (χ0n) is 8.49. The molecule has 78 valence electrons. The van der Waals surface area contributed by atoms with Crippen LogP contribution in [0.4, 0.5) is 0 Å². The van der Waals surface area contributed by atoms with E-state index >= 15 is 0 Å². The Balaban J connectivity index is 2.47. The molecule has 1 N–H and O–H groups in total. The van der Waals surface area contributed by atoms with E-state index in [9.17, 15) is 4.79 Å². The Labute approximate surface area is 87.3 Å². The summed E-state index contributed by atoms with van der Waals surface area (Å²) >= 11 is 0. The Hall–Kier alpha value is -1.77. The summed E-state index contributed by atoms with van der Waals surface area (Å²) in [6, 6.07) is 7.36. The van der Waals surface area contributed by atoms with Crippen LogP contribution in [0.3, 0.4) is 0 Å². The molecule has 0 atom stereocenters. The lowest BCUT2D eigenvalue weighted by Gasteiger charge is -1.96. The van der Waals surface area contributed by atoms with Crippen LogP contribution in [-0.4, -0.2) is 11.1 Å². The van der Waals surface area contributed by atoms with Gasteiger partial charge in [-0.05, 0) is 24.1 Å². The van der Waals surface area contributed by atoms with Crippen LogP contribution >= 0.6 is 0 Å². The molecule has 0 unspecified atom stereocenters. The van der Waals surface area contributed by atoms with E-state index in [0.29, 0.717) is 5.58 Å². The van der Waals surface area contributed by atoms with Crippen LogP contribution in [0, 0.1) is 0 Å². The van der Waals surface area contributed by atoms with E-state index in [2.05, 4.69) is 6.92 Å². The summed E-state index contributed by atoms with van der Waals surface area (Å²) in [5.41, 5.74) is 1.83. The Morgan fingerprint density at radius 1 is 1.40 bits per heavy atom. The second-order valence-corrected chi connectivity index (χ2v) is 3.54. The highest BCUT2D eigenvalue weighted by Gasteiger charge is 2.10. The summed E-state index contributed by atoms with van der Waals surface area (Å²) in [5, 5.41) is 9.60. The van der Waals surface area contributed by atoms with Gasteiger partial charge in [0.2, 0.25) is 5.76 Å². The van der Waals surface area contributed by atoms with E-state index in [1.807, 2.05) is 18.2 Å². The van der Waals surface area contributed by atoms with Crippen molar-refractivity contribution in [2.75, 3.05) is 0 Å². The SMILES string of the molecule is CCCc1ccc2cc(C(=O)O)oc2c1. The monoisotopic (exact) mass is 204 g/mol. The van der Waals surface area contributed by atoms with Crippen molar-refractivity contribution >= 4 is 16.9 Å². The van der Waals surface area contributed by atoms with Gasteiger partial charge in [-0.15, -0.1) is 0 Å². The van der Waals surface area contributed by atoms with E-state index in [-0.39, 0.29) is 5.76 Å². The van der Waals surface area contributed by atoms with E-state index in [1.54, 1.807) is 6.07 Å². The molecule has 1 heterocycles. The number of furan rings is 1. The van der Waals surface area contributed by atoms with Crippen molar-refractivity contribution in [2.45, 2.75) is 19.8 Å². The lowest BCUT2D eigenvalue weighted by molar-refractivity contribution is 0.0665. The highest BCUT2D eigenvalue weighted by atomic mass is 16.4. The fourth-order valence-electron chi connectivity index (χ4n) is 1.63. The molecular weight excluding hydrogens is 192 g/mol. The van der Waals surface area contributed by atoms with Crippen LogP contribution in [-0.2, 0) is 6.42 Å². The minimum absolute atomic E-state index is 0.00125. The molecule has 1 aromatic carbocycles. The topological polar surface area (TPSA) is 50.4 Å². The second kappa shape index (κ2) is 3.77. The predicted molar refractivity (Wildman–Crippen MR) is 57.2 cm³/mol. The quantitative estimate of drug-likeness (QED) is 0.835. The number of benzene rings is 1. The maximum absolute atomic E-state index is 10.7. The Morgan fingerprint density at radius 2 is 2.20 bits per heavy atom. The lowest BCUT2D eigenvalue weighted by atomic mass is 10.1.